The zero-order valence-electron chi connectivity index (χ0n) is 10.9. The topological polar surface area (TPSA) is 58.9 Å². The van der Waals surface area contributed by atoms with Gasteiger partial charge in [-0.05, 0) is 27.7 Å². The van der Waals surface area contributed by atoms with E-state index in [9.17, 15) is 0 Å². The van der Waals surface area contributed by atoms with E-state index in [2.05, 4.69) is 5.32 Å². The Morgan fingerprint density at radius 1 is 0.824 bits per heavy atom. The molecule has 1 N–H and O–H groups in total. The van der Waals surface area contributed by atoms with Gasteiger partial charge >= 0.3 is 0 Å². The maximum Gasteiger partial charge on any atom is 0.163 e. The first-order valence-corrected chi connectivity index (χ1v) is 6.26. The number of hydrogen-bond donors (Lipinski definition) is 1. The summed E-state index contributed by atoms with van der Waals surface area (Å²) in [6.07, 6.45) is 0.254. The van der Waals surface area contributed by atoms with Crippen molar-refractivity contribution in [3.8, 4) is 0 Å². The van der Waals surface area contributed by atoms with Crippen molar-refractivity contribution in [1.82, 2.24) is 5.32 Å². The summed E-state index contributed by atoms with van der Waals surface area (Å²) in [6.45, 7) is 9.09. The Labute approximate surface area is 102 Å². The van der Waals surface area contributed by atoms with Gasteiger partial charge in [0, 0.05) is 0 Å². The van der Waals surface area contributed by atoms with E-state index in [-0.39, 0.29) is 12.2 Å². The maximum atomic E-state index is 5.83. The predicted octanol–water partition coefficient (Wildman–Crippen LogP) is 0.630. The van der Waals surface area contributed by atoms with Gasteiger partial charge in [-0.25, -0.2) is 0 Å². The second kappa shape index (κ2) is 3.65. The predicted molar refractivity (Wildman–Crippen MR) is 60.5 cm³/mol. The molecule has 3 fully saturated rings. The summed E-state index contributed by atoms with van der Waals surface area (Å²) in [5.41, 5.74) is 0. The number of hydrogen-bond acceptors (Lipinski definition) is 5. The highest BCUT2D eigenvalue weighted by molar-refractivity contribution is 5.09. The van der Waals surface area contributed by atoms with Crippen molar-refractivity contribution >= 4 is 0 Å². The lowest BCUT2D eigenvalue weighted by atomic mass is 10.1. The monoisotopic (exact) mass is 243 g/mol. The van der Waals surface area contributed by atoms with Crippen molar-refractivity contribution in [2.75, 3.05) is 13.2 Å². The first-order chi connectivity index (χ1) is 7.86. The largest absolute Gasteiger partial charge is 0.348 e. The van der Waals surface area contributed by atoms with Crippen LogP contribution in [-0.2, 0) is 18.9 Å². The summed E-state index contributed by atoms with van der Waals surface area (Å²) < 4.78 is 22.8. The highest BCUT2D eigenvalue weighted by Gasteiger charge is 2.54. The third kappa shape index (κ3) is 2.35. The molecule has 0 amide bonds. The van der Waals surface area contributed by atoms with Crippen LogP contribution in [0.5, 0.6) is 0 Å². The average molecular weight is 243 g/mol. The smallest absolute Gasteiger partial charge is 0.163 e. The van der Waals surface area contributed by atoms with E-state index in [0.717, 1.165) is 0 Å². The Bertz CT molecular complexity index is 288. The minimum atomic E-state index is -0.453. The molecule has 0 aliphatic carbocycles. The van der Waals surface area contributed by atoms with E-state index in [1.165, 1.54) is 0 Å². The SMILES string of the molecule is CC1(C)OC[C@@H]([C@@H]2N[C@@H]2[C@H]2COC(C)(C)O2)O1. The van der Waals surface area contributed by atoms with Crippen LogP contribution in [0.1, 0.15) is 27.7 Å². The first-order valence-electron chi connectivity index (χ1n) is 6.26. The van der Waals surface area contributed by atoms with Crippen molar-refractivity contribution in [3.63, 3.8) is 0 Å². The summed E-state index contributed by atoms with van der Waals surface area (Å²) in [5.74, 6) is -0.905. The Morgan fingerprint density at radius 2 is 1.24 bits per heavy atom. The van der Waals surface area contributed by atoms with Gasteiger partial charge < -0.3 is 24.3 Å². The molecule has 0 saturated carbocycles. The van der Waals surface area contributed by atoms with Gasteiger partial charge in [0.25, 0.3) is 0 Å². The normalized spacial score (nSPS) is 47.3. The highest BCUT2D eigenvalue weighted by atomic mass is 16.8. The lowest BCUT2D eigenvalue weighted by Gasteiger charge is -2.18. The van der Waals surface area contributed by atoms with Crippen molar-refractivity contribution in [3.05, 3.63) is 0 Å². The molecule has 0 aromatic rings. The summed E-state index contributed by atoms with van der Waals surface area (Å²) >= 11 is 0. The van der Waals surface area contributed by atoms with Crippen LogP contribution in [0.4, 0.5) is 0 Å². The molecule has 0 aromatic carbocycles. The quantitative estimate of drug-likeness (QED) is 0.721. The molecule has 5 nitrogen and oxygen atoms in total. The molecule has 0 unspecified atom stereocenters. The fourth-order valence-corrected chi connectivity index (χ4v) is 2.63. The Hall–Kier alpha value is -0.200. The van der Waals surface area contributed by atoms with E-state index in [1.807, 2.05) is 27.7 Å². The fraction of sp³-hybridized carbons (Fsp3) is 1.00. The molecule has 17 heavy (non-hydrogen) atoms. The molecule has 3 aliphatic rings. The molecule has 0 bridgehead atoms. The number of rotatable bonds is 2. The molecule has 3 saturated heterocycles. The Balaban J connectivity index is 1.54. The molecule has 0 radical (unpaired) electrons. The van der Waals surface area contributed by atoms with Crippen LogP contribution in [0.15, 0.2) is 0 Å². The van der Waals surface area contributed by atoms with Gasteiger partial charge in [-0.15, -0.1) is 0 Å². The van der Waals surface area contributed by atoms with Crippen LogP contribution in [-0.4, -0.2) is 49.1 Å². The van der Waals surface area contributed by atoms with Crippen LogP contribution < -0.4 is 5.32 Å². The van der Waals surface area contributed by atoms with Gasteiger partial charge in [-0.3, -0.25) is 0 Å². The minimum absolute atomic E-state index is 0.127. The van der Waals surface area contributed by atoms with E-state index in [0.29, 0.717) is 25.3 Å². The van der Waals surface area contributed by atoms with Crippen molar-refractivity contribution in [2.24, 2.45) is 0 Å². The van der Waals surface area contributed by atoms with E-state index in [1.54, 1.807) is 0 Å². The third-order valence-electron chi connectivity index (χ3n) is 3.52. The zero-order chi connectivity index (χ0) is 12.3. The summed E-state index contributed by atoms with van der Waals surface area (Å²) in [4.78, 5) is 0. The summed E-state index contributed by atoms with van der Waals surface area (Å²) in [7, 11) is 0. The van der Waals surface area contributed by atoms with Crippen LogP contribution >= 0.6 is 0 Å². The summed E-state index contributed by atoms with van der Waals surface area (Å²) in [5, 5.41) is 3.42. The van der Waals surface area contributed by atoms with Crippen LogP contribution in [0.2, 0.25) is 0 Å². The fourth-order valence-electron chi connectivity index (χ4n) is 2.63. The van der Waals surface area contributed by atoms with Gasteiger partial charge in [-0.1, -0.05) is 0 Å². The van der Waals surface area contributed by atoms with Crippen LogP contribution in [0.3, 0.4) is 0 Å². The van der Waals surface area contributed by atoms with Gasteiger partial charge in [0.2, 0.25) is 0 Å². The second-order valence-corrected chi connectivity index (χ2v) is 5.95. The molecular formula is C12H21NO4. The maximum absolute atomic E-state index is 5.83. The van der Waals surface area contributed by atoms with Gasteiger partial charge in [0.05, 0.1) is 25.3 Å². The Morgan fingerprint density at radius 3 is 1.53 bits per heavy atom. The van der Waals surface area contributed by atoms with Crippen molar-refractivity contribution in [2.45, 2.75) is 63.6 Å². The standard InChI is InChI=1S/C12H21NO4/c1-11(2)14-5-7(16-11)9-10(13-9)8-6-15-12(3,4)17-8/h7-10,13H,5-6H2,1-4H3/t7-,8+,9-,10+. The molecule has 0 aromatic heterocycles. The molecule has 0 spiro atoms. The third-order valence-corrected chi connectivity index (χ3v) is 3.52. The number of nitrogens with one attached hydrogen (secondary N) is 1. The molecule has 3 aliphatic heterocycles. The van der Waals surface area contributed by atoms with Crippen molar-refractivity contribution in [1.29, 1.82) is 0 Å². The van der Waals surface area contributed by atoms with Crippen LogP contribution in [0, 0.1) is 0 Å². The number of ether oxygens (including phenoxy) is 4. The molecule has 4 atom stereocenters. The summed E-state index contributed by atoms with van der Waals surface area (Å²) in [6, 6.07) is 0.665. The highest BCUT2D eigenvalue weighted by Crippen LogP contribution is 2.35. The van der Waals surface area contributed by atoms with E-state index in [4.69, 9.17) is 18.9 Å². The van der Waals surface area contributed by atoms with Crippen LogP contribution in [0.25, 0.3) is 0 Å². The van der Waals surface area contributed by atoms with E-state index < -0.39 is 11.6 Å². The molecule has 3 heterocycles. The van der Waals surface area contributed by atoms with Gasteiger partial charge in [-0.2, -0.15) is 0 Å². The zero-order valence-corrected chi connectivity index (χ0v) is 10.9. The minimum Gasteiger partial charge on any atom is -0.348 e. The molecule has 5 heteroatoms. The molecular weight excluding hydrogens is 222 g/mol. The second-order valence-electron chi connectivity index (χ2n) is 5.95. The average Bonchev–Trinajstić information content (AvgIpc) is 2.81. The molecule has 3 rings (SSSR count). The van der Waals surface area contributed by atoms with Crippen molar-refractivity contribution < 1.29 is 18.9 Å². The lowest BCUT2D eigenvalue weighted by Crippen LogP contribution is -2.30. The van der Waals surface area contributed by atoms with Gasteiger partial charge in [0.15, 0.2) is 11.6 Å². The molecule has 98 valence electrons. The van der Waals surface area contributed by atoms with Gasteiger partial charge in [0.1, 0.15) is 12.2 Å². The van der Waals surface area contributed by atoms with E-state index >= 15 is 0 Å². The Kier molecular flexibility index (Phi) is 2.55. The first kappa shape index (κ1) is 11.9. The lowest BCUT2D eigenvalue weighted by molar-refractivity contribution is -0.142.